The van der Waals surface area contributed by atoms with E-state index < -0.39 is 0 Å². The molecule has 1 aromatic heterocycles. The van der Waals surface area contributed by atoms with E-state index in [-0.39, 0.29) is 17.6 Å². The van der Waals surface area contributed by atoms with Crippen molar-refractivity contribution in [1.29, 1.82) is 0 Å². The smallest absolute Gasteiger partial charge is 0.164 e. The average molecular weight is 630 g/mol. The predicted molar refractivity (Wildman–Crippen MR) is 194 cm³/mol. The van der Waals surface area contributed by atoms with Gasteiger partial charge in [0.15, 0.2) is 17.5 Å². The van der Waals surface area contributed by atoms with Gasteiger partial charge in [0.25, 0.3) is 0 Å². The third-order valence-corrected chi connectivity index (χ3v) is 9.25. The zero-order valence-corrected chi connectivity index (χ0v) is 27.1. The van der Waals surface area contributed by atoms with Crippen LogP contribution in [-0.4, -0.2) is 15.0 Å². The van der Waals surface area contributed by atoms with Crippen molar-refractivity contribution >= 4 is 17.7 Å². The molecule has 6 aromatic rings. The summed E-state index contributed by atoms with van der Waals surface area (Å²) in [5, 5.41) is 0. The molecule has 1 heterocycles. The van der Waals surface area contributed by atoms with Crippen LogP contribution >= 0.6 is 12.1 Å². The van der Waals surface area contributed by atoms with E-state index in [1.54, 1.807) is 12.2 Å². The van der Waals surface area contributed by atoms with E-state index in [4.69, 9.17) is 15.0 Å². The fourth-order valence-electron chi connectivity index (χ4n) is 6.38. The highest BCUT2D eigenvalue weighted by atomic mass is 32.2. The van der Waals surface area contributed by atoms with Crippen molar-refractivity contribution in [3.05, 3.63) is 164 Å². The van der Waals surface area contributed by atoms with E-state index in [0.717, 1.165) is 39.0 Å². The predicted octanol–water partition coefficient (Wildman–Crippen LogP) is 11.6. The maximum Gasteiger partial charge on any atom is 0.164 e. The van der Waals surface area contributed by atoms with Gasteiger partial charge in [-0.2, -0.15) is 3.89 Å². The lowest BCUT2D eigenvalue weighted by molar-refractivity contribution is 0.660. The van der Waals surface area contributed by atoms with Crippen LogP contribution in [0.5, 0.6) is 0 Å². The normalized spacial score (nSPS) is 13.1. The van der Waals surface area contributed by atoms with Crippen molar-refractivity contribution in [1.82, 2.24) is 15.0 Å². The SMILES string of the molecule is C=C/C=C(\C=C)c1nc(-c2ccccc2)nc(-c2ccc(-c3cc(SF)cc(-c4ccc5c(c4)C(C)(C)c4ccccc4-5)c3)cc2)n1. The number of allylic oxidation sites excluding steroid dienone is 4. The van der Waals surface area contributed by atoms with Gasteiger partial charge in [0, 0.05) is 27.0 Å². The lowest BCUT2D eigenvalue weighted by Gasteiger charge is -2.22. The molecule has 0 fully saturated rings. The Morgan fingerprint density at radius 1 is 0.617 bits per heavy atom. The van der Waals surface area contributed by atoms with E-state index in [9.17, 15) is 3.89 Å². The minimum atomic E-state index is -0.115. The summed E-state index contributed by atoms with van der Waals surface area (Å²) in [6, 6.07) is 39.1. The number of hydrogen-bond donors (Lipinski definition) is 0. The Hall–Kier alpha value is -5.39. The Labute approximate surface area is 279 Å². The summed E-state index contributed by atoms with van der Waals surface area (Å²) in [4.78, 5) is 14.9. The standard InChI is InChI=1S/C42H32FN3S/c1-5-12-27(6-2)39-44-40(29-13-8-7-9-14-29)46-41(45-39)30-19-17-28(18-20-30)32-23-33(25-34(24-32)47-43)31-21-22-36-35-15-10-11-16-37(35)42(3,4)38(36)26-31/h5-26H,1-2H2,3-4H3/b27-12+. The van der Waals surface area contributed by atoms with Crippen molar-refractivity contribution in [2.45, 2.75) is 24.2 Å². The molecule has 5 heteroatoms. The van der Waals surface area contributed by atoms with Crippen molar-refractivity contribution in [2.75, 3.05) is 0 Å². The van der Waals surface area contributed by atoms with Crippen molar-refractivity contribution < 1.29 is 3.89 Å². The van der Waals surface area contributed by atoms with Gasteiger partial charge in [-0.1, -0.05) is 136 Å². The molecule has 228 valence electrons. The van der Waals surface area contributed by atoms with Gasteiger partial charge in [-0.3, -0.25) is 0 Å². The van der Waals surface area contributed by atoms with E-state index in [1.807, 2.05) is 72.8 Å². The first kappa shape index (κ1) is 30.3. The molecule has 0 spiro atoms. The highest BCUT2D eigenvalue weighted by Gasteiger charge is 2.35. The van der Waals surface area contributed by atoms with E-state index in [2.05, 4.69) is 75.5 Å². The van der Waals surface area contributed by atoms with Crippen LogP contribution in [0.2, 0.25) is 0 Å². The minimum Gasteiger partial charge on any atom is -0.208 e. The third kappa shape index (κ3) is 5.64. The Balaban J connectivity index is 1.26. The second-order valence-corrected chi connectivity index (χ2v) is 12.7. The molecule has 3 nitrogen and oxygen atoms in total. The lowest BCUT2D eigenvalue weighted by atomic mass is 9.81. The largest absolute Gasteiger partial charge is 0.208 e. The molecule has 47 heavy (non-hydrogen) atoms. The van der Waals surface area contributed by atoms with Crippen molar-refractivity contribution in [3.63, 3.8) is 0 Å². The number of fused-ring (bicyclic) bond motifs is 3. The maximum absolute atomic E-state index is 14.2. The van der Waals surface area contributed by atoms with Gasteiger partial charge >= 0.3 is 0 Å². The molecule has 0 radical (unpaired) electrons. The molecule has 0 N–H and O–H groups in total. The van der Waals surface area contributed by atoms with Gasteiger partial charge in [-0.05, 0) is 68.8 Å². The fraction of sp³-hybridized carbons (Fsp3) is 0.0714. The third-order valence-electron chi connectivity index (χ3n) is 8.83. The molecule has 0 saturated heterocycles. The quantitative estimate of drug-likeness (QED) is 0.157. The minimum absolute atomic E-state index is 0.115. The summed E-state index contributed by atoms with van der Waals surface area (Å²) in [5.41, 5.74) is 11.5. The summed E-state index contributed by atoms with van der Waals surface area (Å²) in [7, 11) is 0. The van der Waals surface area contributed by atoms with Gasteiger partial charge in [0.2, 0.25) is 0 Å². The second kappa shape index (κ2) is 12.4. The number of halogens is 1. The van der Waals surface area contributed by atoms with Gasteiger partial charge < -0.3 is 0 Å². The Bertz CT molecular complexity index is 2180. The molecule has 0 saturated carbocycles. The summed E-state index contributed by atoms with van der Waals surface area (Å²) in [6.07, 6.45) is 5.24. The molecular formula is C42H32FN3S. The topological polar surface area (TPSA) is 38.7 Å². The van der Waals surface area contributed by atoms with Gasteiger partial charge in [-0.15, -0.1) is 0 Å². The van der Waals surface area contributed by atoms with Gasteiger partial charge in [0.05, 0.1) is 12.1 Å². The van der Waals surface area contributed by atoms with Crippen molar-refractivity contribution in [2.24, 2.45) is 0 Å². The Kier molecular flexibility index (Phi) is 8.00. The highest BCUT2D eigenvalue weighted by Crippen LogP contribution is 2.49. The van der Waals surface area contributed by atoms with Crippen LogP contribution in [0, 0.1) is 0 Å². The second-order valence-electron chi connectivity index (χ2n) is 12.1. The zero-order valence-electron chi connectivity index (χ0n) is 26.2. The summed E-state index contributed by atoms with van der Waals surface area (Å²) >= 11 is 0.264. The fourth-order valence-corrected chi connectivity index (χ4v) is 6.73. The van der Waals surface area contributed by atoms with E-state index in [0.29, 0.717) is 22.4 Å². The molecule has 0 unspecified atom stereocenters. The highest BCUT2D eigenvalue weighted by molar-refractivity contribution is 7.94. The monoisotopic (exact) mass is 629 g/mol. The summed E-state index contributed by atoms with van der Waals surface area (Å²) < 4.78 is 14.2. The van der Waals surface area contributed by atoms with Crippen LogP contribution in [0.15, 0.2) is 152 Å². The Morgan fingerprint density at radius 2 is 1.21 bits per heavy atom. The van der Waals surface area contributed by atoms with Crippen LogP contribution in [0.3, 0.4) is 0 Å². The first-order valence-electron chi connectivity index (χ1n) is 15.5. The number of hydrogen-bond acceptors (Lipinski definition) is 4. The summed E-state index contributed by atoms with van der Waals surface area (Å²) in [6.45, 7) is 12.3. The Morgan fingerprint density at radius 3 is 1.89 bits per heavy atom. The van der Waals surface area contributed by atoms with Crippen LogP contribution in [0.1, 0.15) is 30.8 Å². The first-order chi connectivity index (χ1) is 22.9. The summed E-state index contributed by atoms with van der Waals surface area (Å²) in [5.74, 6) is 1.64. The first-order valence-corrected chi connectivity index (χ1v) is 16.2. The number of aromatic nitrogens is 3. The van der Waals surface area contributed by atoms with Crippen LogP contribution in [0.25, 0.3) is 61.7 Å². The van der Waals surface area contributed by atoms with Gasteiger partial charge in [0.1, 0.15) is 0 Å². The maximum atomic E-state index is 14.2. The number of nitrogens with zero attached hydrogens (tertiary/aromatic N) is 3. The molecular weight excluding hydrogens is 598 g/mol. The zero-order chi connectivity index (χ0) is 32.5. The van der Waals surface area contributed by atoms with Crippen LogP contribution in [0.4, 0.5) is 3.89 Å². The molecule has 0 aliphatic heterocycles. The molecule has 1 aliphatic carbocycles. The molecule has 0 atom stereocenters. The lowest BCUT2D eigenvalue weighted by Crippen LogP contribution is -2.14. The van der Waals surface area contributed by atoms with Crippen LogP contribution < -0.4 is 0 Å². The van der Waals surface area contributed by atoms with Crippen molar-refractivity contribution in [3.8, 4) is 56.2 Å². The number of benzene rings is 5. The molecule has 0 bridgehead atoms. The van der Waals surface area contributed by atoms with Crippen LogP contribution in [-0.2, 0) is 5.41 Å². The number of rotatable bonds is 8. The molecule has 0 amide bonds. The molecule has 7 rings (SSSR count). The van der Waals surface area contributed by atoms with E-state index in [1.165, 1.54) is 22.3 Å². The molecule has 1 aliphatic rings. The van der Waals surface area contributed by atoms with Gasteiger partial charge in [-0.25, -0.2) is 15.0 Å². The molecule has 5 aromatic carbocycles. The average Bonchev–Trinajstić information content (AvgIpc) is 3.36. The van der Waals surface area contributed by atoms with E-state index >= 15 is 0 Å².